The molecule has 0 rings (SSSR count). The van der Waals surface area contributed by atoms with Crippen LogP contribution >= 0.6 is 35.8 Å². The van der Waals surface area contributed by atoms with Gasteiger partial charge < -0.3 is 8.37 Å². The first-order valence-electron chi connectivity index (χ1n) is 3.55. The molecule has 4 nitrogen and oxygen atoms in total. The van der Waals surface area contributed by atoms with E-state index in [1.807, 2.05) is 0 Å². The van der Waals surface area contributed by atoms with Gasteiger partial charge in [0.05, 0.1) is 37.3 Å². The van der Waals surface area contributed by atoms with Crippen LogP contribution in [-0.2, 0) is 8.37 Å². The van der Waals surface area contributed by atoms with Crippen LogP contribution < -0.4 is 0 Å². The Morgan fingerprint density at radius 2 is 1.38 bits per heavy atom. The number of hydrogen-bond donors (Lipinski definition) is 0. The average Bonchev–Trinajstić information content (AvgIpc) is 2.11. The summed E-state index contributed by atoms with van der Waals surface area (Å²) in [6.07, 6.45) is 0. The third-order valence-electron chi connectivity index (χ3n) is 0.656. The fraction of sp³-hybridized carbons (Fsp3) is 0.667. The highest BCUT2D eigenvalue weighted by Gasteiger charge is 2.12. The van der Waals surface area contributed by atoms with Crippen molar-refractivity contribution in [2.45, 2.75) is 13.8 Å². The molecule has 0 aliphatic rings. The lowest BCUT2D eigenvalue weighted by molar-refractivity contribution is 0.271. The highest BCUT2D eigenvalue weighted by atomic mass is 32.2. The SMILES string of the molecule is CCOSC(=O)SC(=O)SOCC. The maximum atomic E-state index is 10.9. The Kier molecular flexibility index (Phi) is 9.10. The lowest BCUT2D eigenvalue weighted by atomic mass is 10.9. The fourth-order valence-electron chi connectivity index (χ4n) is 0.316. The number of thioether (sulfide) groups is 1. The van der Waals surface area contributed by atoms with Gasteiger partial charge in [0, 0.05) is 11.8 Å². The van der Waals surface area contributed by atoms with Gasteiger partial charge in [0.25, 0.3) is 8.89 Å². The summed E-state index contributed by atoms with van der Waals surface area (Å²) in [4.78, 5) is 21.8. The lowest BCUT2D eigenvalue weighted by Gasteiger charge is -1.97. The molecule has 0 saturated heterocycles. The van der Waals surface area contributed by atoms with Crippen molar-refractivity contribution in [2.75, 3.05) is 13.2 Å². The fourth-order valence-corrected chi connectivity index (χ4v) is 2.05. The topological polar surface area (TPSA) is 52.6 Å². The molecule has 0 aromatic carbocycles. The monoisotopic (exact) mass is 242 g/mol. The minimum absolute atomic E-state index is 0.376. The van der Waals surface area contributed by atoms with E-state index in [0.29, 0.717) is 49.1 Å². The molecule has 76 valence electrons. The van der Waals surface area contributed by atoms with Crippen LogP contribution in [0.5, 0.6) is 0 Å². The second kappa shape index (κ2) is 8.89. The van der Waals surface area contributed by atoms with Crippen LogP contribution in [0.1, 0.15) is 13.8 Å². The Labute approximate surface area is 89.9 Å². The van der Waals surface area contributed by atoms with Gasteiger partial charge in [-0.25, -0.2) is 0 Å². The second-order valence-electron chi connectivity index (χ2n) is 1.58. The maximum Gasteiger partial charge on any atom is 0.281 e. The van der Waals surface area contributed by atoms with E-state index >= 15 is 0 Å². The van der Waals surface area contributed by atoms with Gasteiger partial charge in [0.2, 0.25) is 0 Å². The first kappa shape index (κ1) is 13.3. The molecule has 0 aromatic heterocycles. The third-order valence-corrected chi connectivity index (χ3v) is 2.88. The van der Waals surface area contributed by atoms with Gasteiger partial charge in [-0.05, 0) is 13.8 Å². The third kappa shape index (κ3) is 8.63. The molecule has 0 bridgehead atoms. The number of rotatable bonds is 4. The van der Waals surface area contributed by atoms with Crippen LogP contribution in [0.15, 0.2) is 0 Å². The molecule has 0 amide bonds. The molecule has 0 spiro atoms. The van der Waals surface area contributed by atoms with Crippen LogP contribution in [0, 0.1) is 0 Å². The van der Waals surface area contributed by atoms with E-state index < -0.39 is 0 Å². The summed E-state index contributed by atoms with van der Waals surface area (Å²) in [6, 6.07) is 0. The van der Waals surface area contributed by atoms with Crippen molar-refractivity contribution in [3.05, 3.63) is 0 Å². The molecule has 0 fully saturated rings. The molecular weight excluding hydrogens is 232 g/mol. The average molecular weight is 242 g/mol. The van der Waals surface area contributed by atoms with Crippen molar-refractivity contribution in [3.8, 4) is 0 Å². The Morgan fingerprint density at radius 1 is 1.00 bits per heavy atom. The summed E-state index contributed by atoms with van der Waals surface area (Å²) >= 11 is 1.92. The molecule has 13 heavy (non-hydrogen) atoms. The largest absolute Gasteiger partial charge is 0.308 e. The van der Waals surface area contributed by atoms with Crippen LogP contribution in [0.4, 0.5) is 9.59 Å². The van der Waals surface area contributed by atoms with E-state index in [0.717, 1.165) is 0 Å². The Bertz CT molecular complexity index is 155. The molecule has 0 saturated carbocycles. The molecule has 0 aromatic rings. The van der Waals surface area contributed by atoms with Crippen molar-refractivity contribution in [3.63, 3.8) is 0 Å². The lowest BCUT2D eigenvalue weighted by Crippen LogP contribution is -1.91. The van der Waals surface area contributed by atoms with E-state index in [-0.39, 0.29) is 8.89 Å². The van der Waals surface area contributed by atoms with Crippen molar-refractivity contribution < 1.29 is 18.0 Å². The number of carbonyl (C=O) groups is 2. The van der Waals surface area contributed by atoms with Gasteiger partial charge in [0.1, 0.15) is 0 Å². The summed E-state index contributed by atoms with van der Waals surface area (Å²) in [7, 11) is 0. The summed E-state index contributed by atoms with van der Waals surface area (Å²) in [5.74, 6) is 0. The minimum atomic E-state index is -0.376. The minimum Gasteiger partial charge on any atom is -0.308 e. The highest BCUT2D eigenvalue weighted by Crippen LogP contribution is 2.24. The molecule has 0 atom stereocenters. The van der Waals surface area contributed by atoms with Crippen LogP contribution in [0.3, 0.4) is 0 Å². The number of hydrogen-bond acceptors (Lipinski definition) is 7. The zero-order chi connectivity index (χ0) is 10.1. The van der Waals surface area contributed by atoms with E-state index in [2.05, 4.69) is 0 Å². The van der Waals surface area contributed by atoms with Gasteiger partial charge >= 0.3 is 0 Å². The zero-order valence-electron chi connectivity index (χ0n) is 7.27. The highest BCUT2D eigenvalue weighted by molar-refractivity contribution is 8.52. The summed E-state index contributed by atoms with van der Waals surface area (Å²) in [5.41, 5.74) is 0. The van der Waals surface area contributed by atoms with Gasteiger partial charge in [-0.1, -0.05) is 0 Å². The van der Waals surface area contributed by atoms with Crippen molar-refractivity contribution >= 4 is 44.7 Å². The van der Waals surface area contributed by atoms with Gasteiger partial charge in [-0.15, -0.1) is 0 Å². The zero-order valence-corrected chi connectivity index (χ0v) is 9.72. The first-order valence-corrected chi connectivity index (χ1v) is 5.85. The van der Waals surface area contributed by atoms with Crippen molar-refractivity contribution in [2.24, 2.45) is 0 Å². The van der Waals surface area contributed by atoms with Crippen molar-refractivity contribution in [1.29, 1.82) is 0 Å². The Morgan fingerprint density at radius 3 is 1.69 bits per heavy atom. The van der Waals surface area contributed by atoms with E-state index in [4.69, 9.17) is 8.37 Å². The van der Waals surface area contributed by atoms with Gasteiger partial charge in [-0.2, -0.15) is 0 Å². The predicted molar refractivity (Wildman–Crippen MR) is 56.8 cm³/mol. The van der Waals surface area contributed by atoms with E-state index in [9.17, 15) is 9.59 Å². The molecule has 7 heteroatoms. The van der Waals surface area contributed by atoms with Crippen LogP contribution in [0.2, 0.25) is 0 Å². The Balaban J connectivity index is 3.47. The smallest absolute Gasteiger partial charge is 0.281 e. The van der Waals surface area contributed by atoms with E-state index in [1.165, 1.54) is 0 Å². The van der Waals surface area contributed by atoms with E-state index in [1.54, 1.807) is 13.8 Å². The first-order chi connectivity index (χ1) is 6.20. The summed E-state index contributed by atoms with van der Waals surface area (Å²) < 4.78 is 8.74. The predicted octanol–water partition coefficient (Wildman–Crippen LogP) is 3.33. The maximum absolute atomic E-state index is 10.9. The summed E-state index contributed by atoms with van der Waals surface area (Å²) in [6.45, 7) is 4.40. The van der Waals surface area contributed by atoms with Crippen molar-refractivity contribution in [1.82, 2.24) is 0 Å². The molecule has 0 N–H and O–H groups in total. The second-order valence-corrected chi connectivity index (χ2v) is 4.59. The molecule has 0 unspecified atom stereocenters. The summed E-state index contributed by atoms with van der Waals surface area (Å²) in [5, 5.41) is 0. The quantitative estimate of drug-likeness (QED) is 0.701. The normalized spacial score (nSPS) is 10.0. The molecule has 0 radical (unpaired) electrons. The van der Waals surface area contributed by atoms with Crippen LogP contribution in [0.25, 0.3) is 0 Å². The van der Waals surface area contributed by atoms with Gasteiger partial charge in [-0.3, -0.25) is 9.59 Å². The molecule has 0 aliphatic carbocycles. The van der Waals surface area contributed by atoms with Crippen LogP contribution in [-0.4, -0.2) is 22.1 Å². The molecule has 0 aliphatic heterocycles. The Hall–Kier alpha value is 0.310. The molecule has 0 heterocycles. The standard InChI is InChI=1S/C6H10O4S3/c1-3-9-12-5(7)11-6(8)13-10-4-2/h3-4H2,1-2H3. The van der Waals surface area contributed by atoms with Gasteiger partial charge in [0.15, 0.2) is 0 Å². The number of carbonyl (C=O) groups excluding carboxylic acids is 2. The molecular formula is C6H10O4S3.